The van der Waals surface area contributed by atoms with E-state index in [2.05, 4.69) is 44.4 Å². The lowest BCUT2D eigenvalue weighted by Crippen LogP contribution is -2.70. The van der Waals surface area contributed by atoms with Crippen LogP contribution in [0.1, 0.15) is 126 Å². The van der Waals surface area contributed by atoms with E-state index < -0.39 is 23.4 Å². The summed E-state index contributed by atoms with van der Waals surface area (Å²) < 4.78 is 26.4. The van der Waals surface area contributed by atoms with Crippen LogP contribution in [0.2, 0.25) is 0 Å². The predicted molar refractivity (Wildman–Crippen MR) is 203 cm³/mol. The second kappa shape index (κ2) is 12.6. The lowest BCUT2D eigenvalue weighted by atomic mass is 9.41. The third-order valence-corrected chi connectivity index (χ3v) is 18.7. The number of nitrogens with zero attached hydrogens (tertiary/aromatic N) is 2. The number of morpholine rings is 1. The first-order chi connectivity index (χ1) is 24.9. The van der Waals surface area contributed by atoms with Gasteiger partial charge < -0.3 is 34.3 Å². The summed E-state index contributed by atoms with van der Waals surface area (Å²) in [7, 11) is 0. The van der Waals surface area contributed by atoms with Gasteiger partial charge in [0.25, 0.3) is 0 Å². The third kappa shape index (κ3) is 5.39. The molecule has 0 amide bonds. The molecule has 2 spiro atoms. The maximum atomic E-state index is 12.7. The van der Waals surface area contributed by atoms with E-state index in [0.29, 0.717) is 54.9 Å². The Labute approximate surface area is 320 Å². The maximum Gasteiger partial charge on any atom is 0.170 e. The minimum atomic E-state index is -1.02. The lowest BCUT2D eigenvalue weighted by Gasteiger charge is -2.64. The molecule has 53 heavy (non-hydrogen) atoms. The normalized spacial score (nSPS) is 51.1. The average molecular weight is 743 g/mol. The zero-order valence-electron chi connectivity index (χ0n) is 34.4. The molecular weight excluding hydrogens is 668 g/mol. The van der Waals surface area contributed by atoms with Gasteiger partial charge in [0.15, 0.2) is 6.29 Å². The fourth-order valence-corrected chi connectivity index (χ4v) is 16.0. The monoisotopic (exact) mass is 743 g/mol. The fourth-order valence-electron chi connectivity index (χ4n) is 16.0. The minimum absolute atomic E-state index is 0.00594. The number of aliphatic hydroxyl groups excluding tert-OH is 1. The van der Waals surface area contributed by atoms with E-state index in [1.54, 1.807) is 0 Å². The van der Waals surface area contributed by atoms with Crippen molar-refractivity contribution in [3.63, 3.8) is 0 Å². The second-order valence-corrected chi connectivity index (χ2v) is 22.0. The van der Waals surface area contributed by atoms with Crippen LogP contribution >= 0.6 is 0 Å². The van der Waals surface area contributed by atoms with Crippen molar-refractivity contribution in [1.29, 1.82) is 0 Å². The van der Waals surface area contributed by atoms with Gasteiger partial charge in [-0.1, -0.05) is 41.0 Å². The highest BCUT2D eigenvalue weighted by molar-refractivity contribution is 5.33. The first-order valence-electron chi connectivity index (χ1n) is 22.1. The molecule has 9 aliphatic rings. The Kier molecular flexibility index (Phi) is 9.05. The Hall–Kier alpha value is -0.360. The molecular formula is C44H74N2O7. The van der Waals surface area contributed by atoms with Crippen molar-refractivity contribution < 1.29 is 34.3 Å². The summed E-state index contributed by atoms with van der Waals surface area (Å²) >= 11 is 0. The number of hydrogen-bond acceptors (Lipinski definition) is 9. The van der Waals surface area contributed by atoms with Gasteiger partial charge in [-0.05, 0) is 130 Å². The van der Waals surface area contributed by atoms with E-state index in [4.69, 9.17) is 18.9 Å². The van der Waals surface area contributed by atoms with Crippen LogP contribution in [0.5, 0.6) is 0 Å². The zero-order valence-corrected chi connectivity index (χ0v) is 34.4. The second-order valence-electron chi connectivity index (χ2n) is 22.0. The lowest BCUT2D eigenvalue weighted by molar-refractivity contribution is -0.253. The number of rotatable bonds is 9. The van der Waals surface area contributed by atoms with Gasteiger partial charge in [-0.25, -0.2) is 0 Å². The molecule has 3 heterocycles. The van der Waals surface area contributed by atoms with Crippen LogP contribution in [0.15, 0.2) is 0 Å². The summed E-state index contributed by atoms with van der Waals surface area (Å²) in [5, 5.41) is 35.1. The van der Waals surface area contributed by atoms with Gasteiger partial charge in [0.05, 0.1) is 36.6 Å². The molecule has 9 fully saturated rings. The molecule has 14 atom stereocenters. The number of β-amino-alcohol motifs (C(OH)–C–C–N with tert-alkyl or cyclic N) is 1. The Bertz CT molecular complexity index is 1390. The largest absolute Gasteiger partial charge is 0.390 e. The zero-order chi connectivity index (χ0) is 37.6. The van der Waals surface area contributed by atoms with Crippen LogP contribution in [0.4, 0.5) is 0 Å². The van der Waals surface area contributed by atoms with Gasteiger partial charge in [0.1, 0.15) is 11.7 Å². The van der Waals surface area contributed by atoms with Crippen molar-refractivity contribution in [3.05, 3.63) is 0 Å². The van der Waals surface area contributed by atoms with E-state index in [0.717, 1.165) is 45.4 Å². The first-order valence-corrected chi connectivity index (χ1v) is 22.1. The Morgan fingerprint density at radius 1 is 0.962 bits per heavy atom. The van der Waals surface area contributed by atoms with E-state index in [9.17, 15) is 15.3 Å². The summed E-state index contributed by atoms with van der Waals surface area (Å²) in [5.74, 6) is 1.77. The van der Waals surface area contributed by atoms with E-state index in [-0.39, 0.29) is 46.3 Å². The predicted octanol–water partition coefficient (Wildman–Crippen LogP) is 5.62. The molecule has 3 aliphatic heterocycles. The van der Waals surface area contributed by atoms with E-state index in [1.165, 1.54) is 51.4 Å². The van der Waals surface area contributed by atoms with Crippen molar-refractivity contribution in [2.75, 3.05) is 45.9 Å². The van der Waals surface area contributed by atoms with Gasteiger partial charge in [-0.15, -0.1) is 0 Å². The summed E-state index contributed by atoms with van der Waals surface area (Å²) in [5.41, 5.74) is -1.18. The molecule has 9 heteroatoms. The molecule has 3 unspecified atom stereocenters. The van der Waals surface area contributed by atoms with Gasteiger partial charge in [0.2, 0.25) is 0 Å². The number of likely N-dealkylation sites (tertiary alicyclic amines) is 1. The van der Waals surface area contributed by atoms with Crippen molar-refractivity contribution in [3.8, 4) is 0 Å². The smallest absolute Gasteiger partial charge is 0.170 e. The average Bonchev–Trinajstić information content (AvgIpc) is 3.68. The number of ether oxygens (including phenoxy) is 4. The summed E-state index contributed by atoms with van der Waals surface area (Å²) in [6.45, 7) is 23.1. The summed E-state index contributed by atoms with van der Waals surface area (Å²) in [6.07, 6.45) is 11.6. The molecule has 9 nitrogen and oxygen atoms in total. The van der Waals surface area contributed by atoms with Crippen molar-refractivity contribution in [1.82, 2.24) is 9.80 Å². The Balaban J connectivity index is 0.889. The molecule has 3 N–H and O–H groups in total. The Morgan fingerprint density at radius 2 is 1.68 bits per heavy atom. The van der Waals surface area contributed by atoms with Gasteiger partial charge in [-0.3, -0.25) is 9.80 Å². The van der Waals surface area contributed by atoms with Crippen LogP contribution in [0.3, 0.4) is 0 Å². The maximum absolute atomic E-state index is 12.7. The standard InChI is InChI=1S/C44H74N2O7/c1-9-50-37(39(5,6)48)29-21-27(2)34-35(52-29)36(47)41(8)31-14-13-30-38(3,4)32(15-16-43(30)23-44(31,43)18-17-40(34,41)7)53-33-22-45(19-20-51-33)24-42(49)25-46(26-42)28-11-10-12-28/h27-37,47-49H,9-26H2,1-8H3/t27-,29?,30+,31?,32+,33+,34+,35?,36+,37+,40-,41-,43-,44+/m1/s1. The van der Waals surface area contributed by atoms with Crippen LogP contribution < -0.4 is 0 Å². The summed E-state index contributed by atoms with van der Waals surface area (Å²) in [6, 6.07) is 0.701. The molecule has 0 aromatic heterocycles. The number of fused-ring (bicyclic) bond motifs is 4. The highest BCUT2D eigenvalue weighted by Crippen LogP contribution is 2.89. The van der Waals surface area contributed by atoms with Gasteiger partial charge in [-0.2, -0.15) is 0 Å². The molecule has 0 radical (unpaired) electrons. The SMILES string of the molecule is CCO[C@@H](C1C[C@@H](C)[C@H]2C(O1)[C@H](O)[C@@]1(C)C3CC[C@H]4C(C)(C)[C@@H](O[C@H]5CN(CC6(O)CN(C7CCC7)C6)CCO5)CC[C@@]45C[C@@]35CC[C@]21C)C(C)(C)O. The fraction of sp³-hybridized carbons (Fsp3) is 1.00. The van der Waals surface area contributed by atoms with Crippen LogP contribution in [-0.4, -0.2) is 125 Å². The highest BCUT2D eigenvalue weighted by Gasteiger charge is 2.84. The van der Waals surface area contributed by atoms with Crippen LogP contribution in [0.25, 0.3) is 0 Å². The molecule has 6 aliphatic carbocycles. The Morgan fingerprint density at radius 3 is 2.36 bits per heavy atom. The molecule has 0 aromatic carbocycles. The van der Waals surface area contributed by atoms with Gasteiger partial charge in [0, 0.05) is 50.8 Å². The van der Waals surface area contributed by atoms with E-state index >= 15 is 0 Å². The highest BCUT2D eigenvalue weighted by atomic mass is 16.7. The molecule has 302 valence electrons. The molecule has 0 aromatic rings. The van der Waals surface area contributed by atoms with Crippen LogP contribution in [-0.2, 0) is 18.9 Å². The van der Waals surface area contributed by atoms with Crippen molar-refractivity contribution in [2.24, 2.45) is 50.7 Å². The topological polar surface area (TPSA) is 104 Å². The molecule has 9 rings (SSSR count). The van der Waals surface area contributed by atoms with Crippen molar-refractivity contribution in [2.45, 2.75) is 180 Å². The minimum Gasteiger partial charge on any atom is -0.390 e. The first kappa shape index (κ1) is 38.2. The van der Waals surface area contributed by atoms with E-state index in [1.807, 2.05) is 20.8 Å². The molecule has 3 saturated heterocycles. The molecule has 0 bridgehead atoms. The summed E-state index contributed by atoms with van der Waals surface area (Å²) in [4.78, 5) is 4.87. The van der Waals surface area contributed by atoms with Gasteiger partial charge >= 0.3 is 0 Å². The van der Waals surface area contributed by atoms with Crippen LogP contribution in [0, 0.1) is 50.7 Å². The number of aliphatic hydroxyl groups is 3. The van der Waals surface area contributed by atoms with Crippen molar-refractivity contribution >= 4 is 0 Å². The number of hydrogen-bond donors (Lipinski definition) is 3. The quantitative estimate of drug-likeness (QED) is 0.278. The third-order valence-electron chi connectivity index (χ3n) is 18.7. The molecule has 6 saturated carbocycles.